The molecule has 3 N–H and O–H groups in total. The first-order valence-electron chi connectivity index (χ1n) is 15.9. The number of carbonyl (C=O) groups is 1. The first-order valence-corrected chi connectivity index (χ1v) is 17.5. The van der Waals surface area contributed by atoms with Gasteiger partial charge >= 0.3 is 0 Å². The maximum absolute atomic E-state index is 14.1. The number of aliphatic hydroxyl groups is 1. The minimum absolute atomic E-state index is 0.0703. The number of aromatic nitrogens is 1. The number of nitrogens with zero attached hydrogens (tertiary/aromatic N) is 2. The Balaban J connectivity index is 1.33. The fourth-order valence-electron chi connectivity index (χ4n) is 6.24. The van der Waals surface area contributed by atoms with Crippen LogP contribution in [0.25, 0.3) is 10.9 Å². The van der Waals surface area contributed by atoms with E-state index in [0.717, 1.165) is 39.8 Å². The summed E-state index contributed by atoms with van der Waals surface area (Å²) in [6.45, 7) is 3.12. The first-order chi connectivity index (χ1) is 22.8. The van der Waals surface area contributed by atoms with Crippen molar-refractivity contribution < 1.29 is 23.1 Å². The summed E-state index contributed by atoms with van der Waals surface area (Å²) in [5.74, 6) is 0.297. The van der Waals surface area contributed by atoms with Crippen LogP contribution in [0.3, 0.4) is 0 Å². The van der Waals surface area contributed by atoms with E-state index in [9.17, 15) is 18.3 Å². The molecule has 47 heavy (non-hydrogen) atoms. The minimum Gasteiger partial charge on any atom is -0.497 e. The van der Waals surface area contributed by atoms with Crippen molar-refractivity contribution in [2.45, 2.75) is 45.0 Å². The van der Waals surface area contributed by atoms with Crippen molar-refractivity contribution in [1.29, 1.82) is 0 Å². The molecule has 0 aliphatic carbocycles. The minimum atomic E-state index is -3.75. The van der Waals surface area contributed by atoms with E-state index in [0.29, 0.717) is 36.4 Å². The number of anilines is 2. The summed E-state index contributed by atoms with van der Waals surface area (Å²) in [5.41, 5.74) is 5.08. The number of rotatable bonds is 12. The van der Waals surface area contributed by atoms with Gasteiger partial charge in [0, 0.05) is 36.8 Å². The van der Waals surface area contributed by atoms with Crippen LogP contribution in [-0.4, -0.2) is 55.6 Å². The Labute approximate surface area is 275 Å². The molecule has 1 aliphatic rings. The summed E-state index contributed by atoms with van der Waals surface area (Å²) in [7, 11) is -2.13. The zero-order chi connectivity index (χ0) is 33.0. The average Bonchev–Trinajstić information content (AvgIpc) is 3.40. The highest BCUT2D eigenvalue weighted by Crippen LogP contribution is 2.40. The second-order valence-electron chi connectivity index (χ2n) is 11.8. The highest BCUT2D eigenvalue weighted by Gasteiger charge is 2.32. The van der Waals surface area contributed by atoms with Gasteiger partial charge in [0.15, 0.2) is 0 Å². The van der Waals surface area contributed by atoms with Crippen LogP contribution in [0.1, 0.15) is 34.0 Å². The number of carbonyl (C=O) groups excluding carboxylic acids is 1. The number of hydrogen-bond acceptors (Lipinski definition) is 6. The lowest BCUT2D eigenvalue weighted by molar-refractivity contribution is 0.0830. The number of nitrogens with one attached hydrogen (secondary N) is 2. The molecule has 244 valence electrons. The number of para-hydroxylation sites is 1. The third-order valence-electron chi connectivity index (χ3n) is 8.65. The Bertz CT molecular complexity index is 1960. The lowest BCUT2D eigenvalue weighted by Gasteiger charge is -2.26. The third-order valence-corrected chi connectivity index (χ3v) is 10.3. The molecule has 1 amide bonds. The van der Waals surface area contributed by atoms with E-state index in [1.165, 1.54) is 4.31 Å². The first kappa shape index (κ1) is 32.3. The van der Waals surface area contributed by atoms with Gasteiger partial charge in [0.1, 0.15) is 5.75 Å². The van der Waals surface area contributed by atoms with Crippen LogP contribution < -0.4 is 19.7 Å². The summed E-state index contributed by atoms with van der Waals surface area (Å²) in [4.78, 5) is 14.1. The van der Waals surface area contributed by atoms with Crippen LogP contribution in [0.15, 0.2) is 103 Å². The average molecular weight is 653 g/mol. The van der Waals surface area contributed by atoms with Gasteiger partial charge in [0.25, 0.3) is 5.91 Å². The number of amides is 1. The Hall–Kier alpha value is -4.64. The van der Waals surface area contributed by atoms with E-state index in [1.807, 2.05) is 84.4 Å². The third kappa shape index (κ3) is 7.05. The van der Waals surface area contributed by atoms with Crippen LogP contribution in [-0.2, 0) is 36.0 Å². The summed E-state index contributed by atoms with van der Waals surface area (Å²) < 4.78 is 36.1. The Morgan fingerprint density at radius 3 is 2.40 bits per heavy atom. The quantitative estimate of drug-likeness (QED) is 0.171. The zero-order valence-corrected chi connectivity index (χ0v) is 27.4. The normalized spacial score (nSPS) is 15.2. The second kappa shape index (κ2) is 14.0. The van der Waals surface area contributed by atoms with Crippen molar-refractivity contribution in [1.82, 2.24) is 15.2 Å². The Morgan fingerprint density at radius 1 is 0.957 bits per heavy atom. The summed E-state index contributed by atoms with van der Waals surface area (Å²) in [6.07, 6.45) is 2.21. The van der Waals surface area contributed by atoms with Crippen molar-refractivity contribution in [3.8, 4) is 5.75 Å². The monoisotopic (exact) mass is 652 g/mol. The van der Waals surface area contributed by atoms with Crippen LogP contribution in [0.5, 0.6) is 5.75 Å². The zero-order valence-electron chi connectivity index (χ0n) is 26.6. The second-order valence-corrected chi connectivity index (χ2v) is 13.8. The lowest BCUT2D eigenvalue weighted by atomic mass is 9.99. The number of hydrogen-bond donors (Lipinski definition) is 3. The summed E-state index contributed by atoms with van der Waals surface area (Å²) in [6, 6.07) is 29.3. The molecular formula is C37H40N4O5S. The molecular weight excluding hydrogens is 612 g/mol. The van der Waals surface area contributed by atoms with Crippen LogP contribution >= 0.6 is 0 Å². The molecule has 0 bridgehead atoms. The number of methoxy groups -OCH3 is 1. The smallest absolute Gasteiger partial charge is 0.251 e. The van der Waals surface area contributed by atoms with Gasteiger partial charge in [-0.15, -0.1) is 0 Å². The van der Waals surface area contributed by atoms with E-state index in [4.69, 9.17) is 4.74 Å². The molecule has 6 rings (SSSR count). The van der Waals surface area contributed by atoms with Crippen LogP contribution in [0.2, 0.25) is 0 Å². The highest BCUT2D eigenvalue weighted by molar-refractivity contribution is 7.93. The van der Waals surface area contributed by atoms with Crippen molar-refractivity contribution in [2.24, 2.45) is 0 Å². The van der Waals surface area contributed by atoms with E-state index in [1.54, 1.807) is 37.4 Å². The molecule has 2 heterocycles. The Kier molecular flexibility index (Phi) is 9.63. The van der Waals surface area contributed by atoms with Gasteiger partial charge in [-0.05, 0) is 65.9 Å². The SMILES string of the molecule is CCc1cn2c3c(cc(C(=O)NC(Cc4ccccc4)[C@H](O)CNCc4cccc(OC)c4)cc13)N(c1ccccc1)S(=O)(=O)CC2. The maximum Gasteiger partial charge on any atom is 0.251 e. The van der Waals surface area contributed by atoms with E-state index >= 15 is 0 Å². The topological polar surface area (TPSA) is 113 Å². The van der Waals surface area contributed by atoms with E-state index in [2.05, 4.69) is 10.6 Å². The fourth-order valence-corrected chi connectivity index (χ4v) is 7.73. The van der Waals surface area contributed by atoms with Crippen molar-refractivity contribution >= 4 is 38.2 Å². The predicted octanol–water partition coefficient (Wildman–Crippen LogP) is 5.19. The molecule has 0 fully saturated rings. The van der Waals surface area contributed by atoms with Crippen molar-refractivity contribution in [3.63, 3.8) is 0 Å². The summed E-state index contributed by atoms with van der Waals surface area (Å²) in [5, 5.41) is 18.7. The number of aliphatic hydroxyl groups excluding tert-OH is 1. The van der Waals surface area contributed by atoms with Crippen LogP contribution in [0, 0.1) is 0 Å². The van der Waals surface area contributed by atoms with Crippen molar-refractivity contribution in [3.05, 3.63) is 126 Å². The number of ether oxygens (including phenoxy) is 1. The molecule has 2 atom stereocenters. The van der Waals surface area contributed by atoms with Gasteiger partial charge in [-0.3, -0.25) is 4.79 Å². The fraction of sp³-hybridized carbons (Fsp3) is 0.270. The van der Waals surface area contributed by atoms with E-state index in [-0.39, 0.29) is 18.2 Å². The van der Waals surface area contributed by atoms with Gasteiger partial charge in [0.05, 0.1) is 41.9 Å². The predicted molar refractivity (Wildman–Crippen MR) is 186 cm³/mol. The van der Waals surface area contributed by atoms with Gasteiger partial charge in [-0.1, -0.05) is 67.6 Å². The van der Waals surface area contributed by atoms with Crippen LogP contribution in [0.4, 0.5) is 11.4 Å². The highest BCUT2D eigenvalue weighted by atomic mass is 32.2. The molecule has 5 aromatic rings. The number of benzene rings is 4. The molecule has 0 radical (unpaired) electrons. The van der Waals surface area contributed by atoms with Gasteiger partial charge < -0.3 is 25.0 Å². The standard InChI is InChI=1S/C37H40N4O5S/c1-3-28-25-40-17-18-47(44,45)41(30-14-8-5-9-15-30)34-22-29(21-32(28)36(34)40)37(43)39-33(20-26-11-6-4-7-12-26)35(42)24-38-23-27-13-10-16-31(19-27)46-2/h4-16,19,21-22,25,33,35,38,42H,3,17-18,20,23-24H2,1-2H3,(H,39,43)/t33?,35-/m1/s1. The molecule has 1 aromatic heterocycles. The van der Waals surface area contributed by atoms with Gasteiger partial charge in [-0.2, -0.15) is 0 Å². The molecule has 1 unspecified atom stereocenters. The number of aryl methyl sites for hydroxylation is 2. The molecule has 0 saturated heterocycles. The van der Waals surface area contributed by atoms with E-state index < -0.39 is 22.2 Å². The number of sulfonamides is 1. The molecule has 1 aliphatic heterocycles. The van der Waals surface area contributed by atoms with Gasteiger partial charge in [-0.25, -0.2) is 12.7 Å². The lowest BCUT2D eigenvalue weighted by Crippen LogP contribution is -2.48. The summed E-state index contributed by atoms with van der Waals surface area (Å²) >= 11 is 0. The largest absolute Gasteiger partial charge is 0.497 e. The molecule has 9 nitrogen and oxygen atoms in total. The maximum atomic E-state index is 14.1. The van der Waals surface area contributed by atoms with Gasteiger partial charge in [0.2, 0.25) is 10.0 Å². The van der Waals surface area contributed by atoms with Crippen molar-refractivity contribution in [2.75, 3.05) is 23.7 Å². The Morgan fingerprint density at radius 2 is 1.68 bits per heavy atom. The molecule has 0 spiro atoms. The molecule has 0 saturated carbocycles. The molecule has 4 aromatic carbocycles. The molecule has 10 heteroatoms.